The van der Waals surface area contributed by atoms with Crippen LogP contribution in [-0.4, -0.2) is 26.9 Å². The smallest absolute Gasteiger partial charge is 0.404 e. The molecule has 0 radical (unpaired) electrons. The molecule has 124 valence electrons. The van der Waals surface area contributed by atoms with Gasteiger partial charge in [0.25, 0.3) is 0 Å². The second-order valence-corrected chi connectivity index (χ2v) is 7.08. The van der Waals surface area contributed by atoms with Crippen molar-refractivity contribution in [3.05, 3.63) is 23.2 Å². The molecular weight excluding hydrogens is 345 g/mol. The average Bonchev–Trinajstić information content (AvgIpc) is 2.75. The van der Waals surface area contributed by atoms with E-state index in [1.165, 1.54) is 0 Å². The molecule has 0 heterocycles. The molecule has 1 fully saturated rings. The molecule has 0 aromatic heterocycles. The molecule has 3 N–H and O–H groups in total. The van der Waals surface area contributed by atoms with E-state index in [2.05, 4.69) is 9.46 Å². The summed E-state index contributed by atoms with van der Waals surface area (Å²) in [6, 6.07) is 1.98. The van der Waals surface area contributed by atoms with Gasteiger partial charge in [0, 0.05) is 17.1 Å². The summed E-state index contributed by atoms with van der Waals surface area (Å²) in [6.07, 6.45) is -3.09. The second-order valence-electron chi connectivity index (χ2n) is 4.96. The Morgan fingerprint density at radius 3 is 2.55 bits per heavy atom. The van der Waals surface area contributed by atoms with E-state index in [0.717, 1.165) is 24.6 Å². The molecule has 2 atom stereocenters. The molecule has 0 unspecified atom stereocenters. The number of rotatable bonds is 4. The Bertz CT molecular complexity index is 652. The molecule has 22 heavy (non-hydrogen) atoms. The van der Waals surface area contributed by atoms with Crippen LogP contribution >= 0.6 is 11.6 Å². The summed E-state index contributed by atoms with van der Waals surface area (Å²) >= 11 is 5.69. The average molecular weight is 359 g/mol. The maximum atomic E-state index is 12.4. The first-order valence-electron chi connectivity index (χ1n) is 6.42. The fourth-order valence-electron chi connectivity index (χ4n) is 2.30. The molecule has 5 nitrogen and oxygen atoms in total. The quantitative estimate of drug-likeness (QED) is 0.866. The normalized spacial score (nSPS) is 22.8. The van der Waals surface area contributed by atoms with Gasteiger partial charge in [-0.1, -0.05) is 18.0 Å². The molecule has 0 bridgehead atoms. The number of benzene rings is 1. The Hall–Kier alpha value is -1.03. The number of nitrogens with one attached hydrogen (secondary N) is 1. The molecule has 1 aliphatic rings. The highest BCUT2D eigenvalue weighted by Gasteiger charge is 2.35. The van der Waals surface area contributed by atoms with E-state index in [0.29, 0.717) is 12.8 Å². The van der Waals surface area contributed by atoms with Crippen molar-refractivity contribution in [3.8, 4) is 5.75 Å². The van der Waals surface area contributed by atoms with Gasteiger partial charge in [0.05, 0.1) is 0 Å². The summed E-state index contributed by atoms with van der Waals surface area (Å²) < 4.78 is 67.9. The van der Waals surface area contributed by atoms with Gasteiger partial charge in [-0.15, -0.1) is 13.2 Å². The molecule has 0 saturated heterocycles. The minimum atomic E-state index is -5.01. The molecule has 1 aromatic rings. The topological polar surface area (TPSA) is 81.4 Å². The van der Waals surface area contributed by atoms with Crippen molar-refractivity contribution in [3.63, 3.8) is 0 Å². The van der Waals surface area contributed by atoms with Gasteiger partial charge in [-0.3, -0.25) is 0 Å². The van der Waals surface area contributed by atoms with Gasteiger partial charge in [-0.2, -0.15) is 0 Å². The molecular formula is C12H14ClF3N2O3S. The van der Waals surface area contributed by atoms with Gasteiger partial charge in [0.1, 0.15) is 10.6 Å². The predicted octanol–water partition coefficient (Wildman–Crippen LogP) is 2.40. The number of sulfonamides is 1. The van der Waals surface area contributed by atoms with Crippen LogP contribution in [0.3, 0.4) is 0 Å². The number of hydrogen-bond acceptors (Lipinski definition) is 4. The zero-order valence-electron chi connectivity index (χ0n) is 11.2. The first-order chi connectivity index (χ1) is 10.1. The number of alkyl halides is 3. The summed E-state index contributed by atoms with van der Waals surface area (Å²) in [5.41, 5.74) is 5.77. The lowest BCUT2D eigenvalue weighted by molar-refractivity contribution is -0.275. The Kier molecular flexibility index (Phi) is 4.90. The highest BCUT2D eigenvalue weighted by Crippen LogP contribution is 2.32. The van der Waals surface area contributed by atoms with Gasteiger partial charge < -0.3 is 10.5 Å². The number of halogens is 4. The van der Waals surface area contributed by atoms with Crippen molar-refractivity contribution < 1.29 is 26.3 Å². The van der Waals surface area contributed by atoms with E-state index in [1.54, 1.807) is 0 Å². The molecule has 0 amide bonds. The van der Waals surface area contributed by atoms with Gasteiger partial charge in [-0.25, -0.2) is 13.1 Å². The number of ether oxygens (including phenoxy) is 1. The highest BCUT2D eigenvalue weighted by atomic mass is 35.5. The Balaban J connectivity index is 2.34. The minimum absolute atomic E-state index is 0.0226. The van der Waals surface area contributed by atoms with Crippen LogP contribution in [0.5, 0.6) is 5.75 Å². The van der Waals surface area contributed by atoms with Gasteiger partial charge >= 0.3 is 6.36 Å². The summed E-state index contributed by atoms with van der Waals surface area (Å²) in [6.45, 7) is 0. The van der Waals surface area contributed by atoms with E-state index in [9.17, 15) is 21.6 Å². The standard InChI is InChI=1S/C12H14ClF3N2O3S/c13-7-4-5-10(21-12(14,15)16)11(6-7)22(19,20)18-9-3-1-2-8(9)17/h4-6,8-9,18H,1-3,17H2/t8-,9+/m1/s1. The lowest BCUT2D eigenvalue weighted by atomic mass is 10.2. The highest BCUT2D eigenvalue weighted by molar-refractivity contribution is 7.89. The van der Waals surface area contributed by atoms with Crippen LogP contribution in [0, 0.1) is 0 Å². The van der Waals surface area contributed by atoms with Crippen molar-refractivity contribution >= 4 is 21.6 Å². The summed E-state index contributed by atoms with van der Waals surface area (Å²) in [5.74, 6) is -0.837. The van der Waals surface area contributed by atoms with Crippen LogP contribution in [0.15, 0.2) is 23.1 Å². The van der Waals surface area contributed by atoms with Crippen LogP contribution < -0.4 is 15.2 Å². The van der Waals surface area contributed by atoms with Crippen molar-refractivity contribution in [1.82, 2.24) is 4.72 Å². The molecule has 0 aliphatic heterocycles. The predicted molar refractivity (Wildman–Crippen MR) is 74.1 cm³/mol. The van der Waals surface area contributed by atoms with Crippen molar-refractivity contribution in [2.75, 3.05) is 0 Å². The van der Waals surface area contributed by atoms with Crippen molar-refractivity contribution in [1.29, 1.82) is 0 Å². The van der Waals surface area contributed by atoms with Crippen LogP contribution in [0.2, 0.25) is 5.02 Å². The first-order valence-corrected chi connectivity index (χ1v) is 8.28. The van der Waals surface area contributed by atoms with E-state index < -0.39 is 33.1 Å². The van der Waals surface area contributed by atoms with E-state index >= 15 is 0 Å². The van der Waals surface area contributed by atoms with Crippen molar-refractivity contribution in [2.45, 2.75) is 42.6 Å². The minimum Gasteiger partial charge on any atom is -0.404 e. The van der Waals surface area contributed by atoms with E-state index in [4.69, 9.17) is 17.3 Å². The lowest BCUT2D eigenvalue weighted by Gasteiger charge is -2.19. The largest absolute Gasteiger partial charge is 0.573 e. The van der Waals surface area contributed by atoms with E-state index in [-0.39, 0.29) is 11.1 Å². The Labute approximate surface area is 130 Å². The fourth-order valence-corrected chi connectivity index (χ4v) is 4.01. The fraction of sp³-hybridized carbons (Fsp3) is 0.500. The third-order valence-electron chi connectivity index (χ3n) is 3.30. The molecule has 0 spiro atoms. The number of hydrogen-bond donors (Lipinski definition) is 2. The Morgan fingerprint density at radius 2 is 2.00 bits per heavy atom. The summed E-state index contributed by atoms with van der Waals surface area (Å²) in [4.78, 5) is -0.670. The first kappa shape index (κ1) is 17.3. The zero-order valence-corrected chi connectivity index (χ0v) is 12.8. The molecule has 1 aromatic carbocycles. The van der Waals surface area contributed by atoms with Gasteiger partial charge in [0.2, 0.25) is 10.0 Å². The third kappa shape index (κ3) is 4.25. The maximum Gasteiger partial charge on any atom is 0.573 e. The monoisotopic (exact) mass is 358 g/mol. The lowest BCUT2D eigenvalue weighted by Crippen LogP contribution is -2.44. The van der Waals surface area contributed by atoms with Crippen LogP contribution in [0.1, 0.15) is 19.3 Å². The number of nitrogens with two attached hydrogens (primary N) is 1. The van der Waals surface area contributed by atoms with Gasteiger partial charge in [-0.05, 0) is 31.0 Å². The molecule has 1 saturated carbocycles. The third-order valence-corrected chi connectivity index (χ3v) is 5.04. The zero-order chi connectivity index (χ0) is 16.5. The molecule has 10 heteroatoms. The summed E-state index contributed by atoms with van der Waals surface area (Å²) in [5, 5.41) is -0.0226. The van der Waals surface area contributed by atoms with Crippen LogP contribution in [0.25, 0.3) is 0 Å². The SMILES string of the molecule is N[C@@H]1CCC[C@@H]1NS(=O)(=O)c1cc(Cl)ccc1OC(F)(F)F. The van der Waals surface area contributed by atoms with Crippen molar-refractivity contribution in [2.24, 2.45) is 5.73 Å². The molecule has 1 aliphatic carbocycles. The molecule has 2 rings (SSSR count). The maximum absolute atomic E-state index is 12.4. The van der Waals surface area contributed by atoms with Crippen LogP contribution in [0.4, 0.5) is 13.2 Å². The Morgan fingerprint density at radius 1 is 1.32 bits per heavy atom. The van der Waals surface area contributed by atoms with E-state index in [1.807, 2.05) is 0 Å². The summed E-state index contributed by atoms with van der Waals surface area (Å²) in [7, 11) is -4.24. The van der Waals surface area contributed by atoms with Gasteiger partial charge in [0.15, 0.2) is 0 Å². The second kappa shape index (κ2) is 6.23. The van der Waals surface area contributed by atoms with Crippen LogP contribution in [-0.2, 0) is 10.0 Å².